The summed E-state index contributed by atoms with van der Waals surface area (Å²) in [5.74, 6) is -1.82. The molecule has 1 aliphatic heterocycles. The van der Waals surface area contributed by atoms with Gasteiger partial charge in [-0.05, 0) is 24.1 Å². The van der Waals surface area contributed by atoms with Crippen LogP contribution in [0.4, 0.5) is 13.6 Å². The summed E-state index contributed by atoms with van der Waals surface area (Å²) in [7, 11) is 0. The van der Waals surface area contributed by atoms with Gasteiger partial charge in [-0.1, -0.05) is 6.07 Å². The zero-order valence-electron chi connectivity index (χ0n) is 8.49. The third kappa shape index (κ3) is 1.98. The third-order valence-corrected chi connectivity index (χ3v) is 2.71. The van der Waals surface area contributed by atoms with Crippen LogP contribution in [0.3, 0.4) is 0 Å². The largest absolute Gasteiger partial charge is 0.351 e. The van der Waals surface area contributed by atoms with Crippen LogP contribution in [0, 0.1) is 18.1 Å². The molecular formula is C11H11F2N2O. The minimum Gasteiger partial charge on any atom is -0.351 e. The van der Waals surface area contributed by atoms with E-state index in [9.17, 15) is 13.6 Å². The molecule has 1 fully saturated rings. The number of benzene rings is 1. The molecule has 0 aliphatic carbocycles. The quantitative estimate of drug-likeness (QED) is 0.776. The van der Waals surface area contributed by atoms with Crippen LogP contribution < -0.4 is 5.73 Å². The summed E-state index contributed by atoms with van der Waals surface area (Å²) in [4.78, 5) is 12.3. The predicted octanol–water partition coefficient (Wildman–Crippen LogP) is 1.65. The number of nitrogens with zero attached hydrogens (tertiary/aromatic N) is 1. The molecular weight excluding hydrogens is 214 g/mol. The van der Waals surface area contributed by atoms with Crippen molar-refractivity contribution in [3.05, 3.63) is 41.8 Å². The molecule has 2 amide bonds. The maximum absolute atomic E-state index is 13.0. The van der Waals surface area contributed by atoms with Gasteiger partial charge in [-0.15, -0.1) is 0 Å². The van der Waals surface area contributed by atoms with Crippen molar-refractivity contribution in [1.82, 2.24) is 4.90 Å². The maximum Gasteiger partial charge on any atom is 0.314 e. The smallest absolute Gasteiger partial charge is 0.314 e. The van der Waals surface area contributed by atoms with Crippen molar-refractivity contribution in [1.29, 1.82) is 0 Å². The first-order valence-corrected chi connectivity index (χ1v) is 4.90. The van der Waals surface area contributed by atoms with Crippen LogP contribution >= 0.6 is 0 Å². The van der Waals surface area contributed by atoms with E-state index in [4.69, 9.17) is 5.73 Å². The lowest BCUT2D eigenvalue weighted by atomic mass is 9.98. The average molecular weight is 225 g/mol. The van der Waals surface area contributed by atoms with E-state index in [1.807, 2.05) is 6.42 Å². The number of urea groups is 1. The van der Waals surface area contributed by atoms with Crippen LogP contribution in [0.5, 0.6) is 0 Å². The van der Waals surface area contributed by atoms with Gasteiger partial charge in [0.1, 0.15) is 0 Å². The van der Waals surface area contributed by atoms with Crippen molar-refractivity contribution in [2.24, 2.45) is 5.73 Å². The number of carbonyl (C=O) groups excluding carboxylic acids is 1. The third-order valence-electron chi connectivity index (χ3n) is 2.71. The van der Waals surface area contributed by atoms with Crippen molar-refractivity contribution in [2.45, 2.75) is 5.92 Å². The number of primary amides is 1. The highest BCUT2D eigenvalue weighted by Crippen LogP contribution is 2.27. The van der Waals surface area contributed by atoms with Crippen molar-refractivity contribution in [3.63, 3.8) is 0 Å². The average Bonchev–Trinajstić information content (AvgIpc) is 2.71. The molecule has 0 spiro atoms. The Morgan fingerprint density at radius 1 is 1.38 bits per heavy atom. The molecule has 1 unspecified atom stereocenters. The first-order valence-electron chi connectivity index (χ1n) is 4.90. The molecule has 1 atom stereocenters. The van der Waals surface area contributed by atoms with Crippen molar-refractivity contribution in [2.75, 3.05) is 13.1 Å². The number of hydrogen-bond donors (Lipinski definition) is 1. The molecule has 1 aromatic carbocycles. The van der Waals surface area contributed by atoms with E-state index in [1.54, 1.807) is 0 Å². The van der Waals surface area contributed by atoms with Gasteiger partial charge in [0.15, 0.2) is 11.6 Å². The molecule has 1 saturated heterocycles. The van der Waals surface area contributed by atoms with E-state index in [2.05, 4.69) is 0 Å². The van der Waals surface area contributed by atoms with Crippen LogP contribution in [0.25, 0.3) is 0 Å². The number of halogens is 2. The summed E-state index contributed by atoms with van der Waals surface area (Å²) in [6.07, 6.45) is 1.86. The van der Waals surface area contributed by atoms with Crippen molar-refractivity contribution < 1.29 is 13.6 Å². The van der Waals surface area contributed by atoms with Crippen molar-refractivity contribution in [3.8, 4) is 0 Å². The Morgan fingerprint density at radius 2 is 2.12 bits per heavy atom. The number of carbonyl (C=O) groups is 1. The Hall–Kier alpha value is -1.65. The second-order valence-corrected chi connectivity index (χ2v) is 3.76. The van der Waals surface area contributed by atoms with Gasteiger partial charge in [0.05, 0.1) is 0 Å². The molecule has 1 aromatic rings. The standard InChI is InChI=1S/C11H11F2N2O/c12-9-2-1-7(5-10(9)13)8-3-4-15(6-8)11(14)16/h1-3,5,8H,4,6H2,(H2,14,16). The molecule has 1 aliphatic rings. The lowest BCUT2D eigenvalue weighted by Gasteiger charge is -2.13. The van der Waals surface area contributed by atoms with E-state index in [-0.39, 0.29) is 5.92 Å². The highest BCUT2D eigenvalue weighted by Gasteiger charge is 2.26. The summed E-state index contributed by atoms with van der Waals surface area (Å²) in [6.45, 7) is 0.861. The molecule has 0 saturated carbocycles. The van der Waals surface area contributed by atoms with Gasteiger partial charge in [0, 0.05) is 19.0 Å². The lowest BCUT2D eigenvalue weighted by molar-refractivity contribution is 0.218. The van der Waals surface area contributed by atoms with E-state index >= 15 is 0 Å². The molecule has 85 valence electrons. The summed E-state index contributed by atoms with van der Waals surface area (Å²) in [5, 5.41) is 0. The molecule has 2 N–H and O–H groups in total. The normalized spacial score (nSPS) is 20.1. The molecule has 5 heteroatoms. The summed E-state index contributed by atoms with van der Waals surface area (Å²) < 4.78 is 25.7. The first kappa shape index (κ1) is 10.9. The Bertz CT molecular complexity index is 422. The van der Waals surface area contributed by atoms with E-state index in [1.165, 1.54) is 11.0 Å². The Morgan fingerprint density at radius 3 is 2.69 bits per heavy atom. The van der Waals surface area contributed by atoms with E-state index < -0.39 is 17.7 Å². The second-order valence-electron chi connectivity index (χ2n) is 3.76. The minimum atomic E-state index is -0.872. The van der Waals surface area contributed by atoms with Gasteiger partial charge in [0.2, 0.25) is 0 Å². The van der Waals surface area contributed by atoms with Gasteiger partial charge in [-0.3, -0.25) is 0 Å². The Labute approximate surface area is 91.8 Å². The SMILES string of the molecule is NC(=O)N1C[CH]C(c2ccc(F)c(F)c2)C1. The topological polar surface area (TPSA) is 46.3 Å². The number of hydrogen-bond acceptors (Lipinski definition) is 1. The molecule has 16 heavy (non-hydrogen) atoms. The molecule has 1 heterocycles. The number of rotatable bonds is 1. The van der Waals surface area contributed by atoms with Crippen molar-refractivity contribution >= 4 is 6.03 Å². The fourth-order valence-corrected chi connectivity index (χ4v) is 1.81. The monoisotopic (exact) mass is 225 g/mol. The van der Waals surface area contributed by atoms with Crippen LogP contribution in [0.2, 0.25) is 0 Å². The zero-order valence-corrected chi connectivity index (χ0v) is 8.49. The molecule has 3 nitrogen and oxygen atoms in total. The van der Waals surface area contributed by atoms with Crippen LogP contribution in [-0.4, -0.2) is 24.0 Å². The van der Waals surface area contributed by atoms with Gasteiger partial charge in [-0.2, -0.15) is 0 Å². The van der Waals surface area contributed by atoms with Gasteiger partial charge in [0.25, 0.3) is 0 Å². The highest BCUT2D eigenvalue weighted by atomic mass is 19.2. The lowest BCUT2D eigenvalue weighted by Crippen LogP contribution is -2.33. The van der Waals surface area contributed by atoms with Crippen LogP contribution in [0.1, 0.15) is 11.5 Å². The fourth-order valence-electron chi connectivity index (χ4n) is 1.81. The summed E-state index contributed by atoms with van der Waals surface area (Å²) in [5.41, 5.74) is 5.78. The first-order chi connectivity index (χ1) is 7.58. The van der Waals surface area contributed by atoms with E-state index in [0.29, 0.717) is 18.7 Å². The Kier molecular flexibility index (Phi) is 2.77. The molecule has 2 rings (SSSR count). The van der Waals surface area contributed by atoms with Crippen LogP contribution in [0.15, 0.2) is 18.2 Å². The molecule has 0 aromatic heterocycles. The summed E-state index contributed by atoms with van der Waals surface area (Å²) in [6, 6.07) is 3.26. The van der Waals surface area contributed by atoms with E-state index in [0.717, 1.165) is 12.1 Å². The van der Waals surface area contributed by atoms with Gasteiger partial charge >= 0.3 is 6.03 Å². The second kappa shape index (κ2) is 4.08. The minimum absolute atomic E-state index is 0.0809. The summed E-state index contributed by atoms with van der Waals surface area (Å²) >= 11 is 0. The molecule has 1 radical (unpaired) electrons. The number of likely N-dealkylation sites (tertiary alicyclic amines) is 1. The zero-order chi connectivity index (χ0) is 11.7. The highest BCUT2D eigenvalue weighted by molar-refractivity contribution is 5.72. The van der Waals surface area contributed by atoms with Gasteiger partial charge in [-0.25, -0.2) is 13.6 Å². The van der Waals surface area contributed by atoms with Gasteiger partial charge < -0.3 is 10.6 Å². The maximum atomic E-state index is 13.0. The predicted molar refractivity (Wildman–Crippen MR) is 54.6 cm³/mol. The Balaban J connectivity index is 2.14. The number of amides is 2. The fraction of sp³-hybridized carbons (Fsp3) is 0.273. The van der Waals surface area contributed by atoms with Crippen LogP contribution in [-0.2, 0) is 0 Å². The number of nitrogens with two attached hydrogens (primary N) is 1. The molecule has 0 bridgehead atoms.